The number of hydrogen-bond donors (Lipinski definition) is 2. The summed E-state index contributed by atoms with van der Waals surface area (Å²) < 4.78 is 0. The van der Waals surface area contributed by atoms with Crippen LogP contribution in [0.5, 0.6) is 0 Å². The molecule has 0 radical (unpaired) electrons. The Hall–Kier alpha value is -1.35. The highest BCUT2D eigenvalue weighted by Gasteiger charge is 2.23. The molecular weight excluding hydrogens is 236 g/mol. The van der Waals surface area contributed by atoms with Gasteiger partial charge in [0, 0.05) is 19.0 Å². The first-order valence-electron chi connectivity index (χ1n) is 7.32. The summed E-state index contributed by atoms with van der Waals surface area (Å²) in [5, 5.41) is 3.02. The summed E-state index contributed by atoms with van der Waals surface area (Å²) in [4.78, 5) is 11.7. The van der Waals surface area contributed by atoms with Crippen LogP contribution in [-0.4, -0.2) is 18.5 Å². The van der Waals surface area contributed by atoms with E-state index in [9.17, 15) is 4.79 Å². The van der Waals surface area contributed by atoms with E-state index in [-0.39, 0.29) is 11.9 Å². The number of carbonyl (C=O) groups is 1. The Kier molecular flexibility index (Phi) is 5.40. The van der Waals surface area contributed by atoms with E-state index in [0.717, 1.165) is 32.2 Å². The Labute approximate surface area is 115 Å². The van der Waals surface area contributed by atoms with Crippen molar-refractivity contribution in [3.05, 3.63) is 35.9 Å². The lowest BCUT2D eigenvalue weighted by molar-refractivity contribution is -0.121. The van der Waals surface area contributed by atoms with Gasteiger partial charge in [-0.05, 0) is 37.2 Å². The number of rotatable bonds is 6. The zero-order chi connectivity index (χ0) is 13.5. The van der Waals surface area contributed by atoms with Crippen LogP contribution in [0, 0.1) is 5.92 Å². The molecule has 3 heteroatoms. The molecule has 2 atom stereocenters. The van der Waals surface area contributed by atoms with Gasteiger partial charge < -0.3 is 11.1 Å². The van der Waals surface area contributed by atoms with Gasteiger partial charge in [0.25, 0.3) is 0 Å². The molecule has 3 nitrogen and oxygen atoms in total. The van der Waals surface area contributed by atoms with E-state index in [1.807, 2.05) is 18.2 Å². The molecule has 0 saturated heterocycles. The van der Waals surface area contributed by atoms with Crippen molar-refractivity contribution >= 4 is 5.91 Å². The quantitative estimate of drug-likeness (QED) is 0.824. The number of benzene rings is 1. The molecule has 19 heavy (non-hydrogen) atoms. The highest BCUT2D eigenvalue weighted by atomic mass is 16.1. The largest absolute Gasteiger partial charge is 0.356 e. The van der Waals surface area contributed by atoms with Crippen LogP contribution in [0.3, 0.4) is 0 Å². The summed E-state index contributed by atoms with van der Waals surface area (Å²) >= 11 is 0. The van der Waals surface area contributed by atoms with Gasteiger partial charge in [-0.2, -0.15) is 0 Å². The van der Waals surface area contributed by atoms with Crippen LogP contribution >= 0.6 is 0 Å². The van der Waals surface area contributed by atoms with Crippen LogP contribution in [-0.2, 0) is 11.2 Å². The van der Waals surface area contributed by atoms with Crippen molar-refractivity contribution in [2.75, 3.05) is 6.54 Å². The Morgan fingerprint density at radius 3 is 2.74 bits per heavy atom. The maximum Gasteiger partial charge on any atom is 0.220 e. The van der Waals surface area contributed by atoms with E-state index in [4.69, 9.17) is 5.73 Å². The fourth-order valence-electron chi connectivity index (χ4n) is 2.75. The normalized spacial score (nSPS) is 22.4. The number of aryl methyl sites for hydroxylation is 1. The molecule has 0 aliphatic heterocycles. The predicted octanol–water partition coefficient (Wildman–Crippen LogP) is 2.25. The monoisotopic (exact) mass is 260 g/mol. The summed E-state index contributed by atoms with van der Waals surface area (Å²) in [6, 6.07) is 10.6. The third-order valence-corrected chi connectivity index (χ3v) is 3.99. The minimum absolute atomic E-state index is 0.162. The summed E-state index contributed by atoms with van der Waals surface area (Å²) in [6.07, 6.45) is 5.95. The minimum Gasteiger partial charge on any atom is -0.356 e. The standard InChI is InChI=1S/C16H24N2O/c17-15-10-5-9-14(15)12-18-16(19)11-4-8-13-6-2-1-3-7-13/h1-3,6-7,14-15H,4-5,8-12,17H2,(H,18,19). The molecule has 2 rings (SSSR count). The van der Waals surface area contributed by atoms with Gasteiger partial charge in [0.05, 0.1) is 0 Å². The molecule has 1 fully saturated rings. The maximum atomic E-state index is 11.7. The third kappa shape index (κ3) is 4.67. The van der Waals surface area contributed by atoms with Gasteiger partial charge in [-0.1, -0.05) is 36.8 Å². The fraction of sp³-hybridized carbons (Fsp3) is 0.562. The second-order valence-electron chi connectivity index (χ2n) is 5.50. The smallest absolute Gasteiger partial charge is 0.220 e. The molecule has 1 aromatic carbocycles. The van der Waals surface area contributed by atoms with Crippen LogP contribution < -0.4 is 11.1 Å². The molecular formula is C16H24N2O. The van der Waals surface area contributed by atoms with Crippen LogP contribution in [0.25, 0.3) is 0 Å². The number of amides is 1. The average Bonchev–Trinajstić information content (AvgIpc) is 2.83. The van der Waals surface area contributed by atoms with Gasteiger partial charge >= 0.3 is 0 Å². The van der Waals surface area contributed by atoms with E-state index in [1.54, 1.807) is 0 Å². The van der Waals surface area contributed by atoms with Gasteiger partial charge in [-0.15, -0.1) is 0 Å². The first-order valence-corrected chi connectivity index (χ1v) is 7.32. The Morgan fingerprint density at radius 2 is 2.05 bits per heavy atom. The van der Waals surface area contributed by atoms with E-state index in [0.29, 0.717) is 12.3 Å². The van der Waals surface area contributed by atoms with Gasteiger partial charge in [0.1, 0.15) is 0 Å². The maximum absolute atomic E-state index is 11.7. The number of nitrogens with two attached hydrogens (primary N) is 1. The molecule has 3 N–H and O–H groups in total. The zero-order valence-electron chi connectivity index (χ0n) is 11.5. The molecule has 1 amide bonds. The predicted molar refractivity (Wildman–Crippen MR) is 77.7 cm³/mol. The molecule has 0 spiro atoms. The Bertz CT molecular complexity index is 391. The summed E-state index contributed by atoms with van der Waals surface area (Å²) in [5.41, 5.74) is 7.29. The molecule has 0 bridgehead atoms. The van der Waals surface area contributed by atoms with Crippen LogP contribution in [0.1, 0.15) is 37.7 Å². The Morgan fingerprint density at radius 1 is 1.26 bits per heavy atom. The highest BCUT2D eigenvalue weighted by molar-refractivity contribution is 5.75. The molecule has 104 valence electrons. The second-order valence-corrected chi connectivity index (χ2v) is 5.50. The lowest BCUT2D eigenvalue weighted by Crippen LogP contribution is -2.35. The lowest BCUT2D eigenvalue weighted by Gasteiger charge is -2.15. The van der Waals surface area contributed by atoms with E-state index in [2.05, 4.69) is 17.4 Å². The number of hydrogen-bond acceptors (Lipinski definition) is 2. The molecule has 2 unspecified atom stereocenters. The summed E-state index contributed by atoms with van der Waals surface area (Å²) in [6.45, 7) is 0.755. The highest BCUT2D eigenvalue weighted by Crippen LogP contribution is 2.22. The van der Waals surface area contributed by atoms with Crippen molar-refractivity contribution in [3.8, 4) is 0 Å². The number of carbonyl (C=O) groups excluding carboxylic acids is 1. The van der Waals surface area contributed by atoms with E-state index in [1.165, 1.54) is 12.0 Å². The van der Waals surface area contributed by atoms with E-state index >= 15 is 0 Å². The molecule has 0 aromatic heterocycles. The molecule has 1 aliphatic rings. The van der Waals surface area contributed by atoms with Crippen LogP contribution in [0.15, 0.2) is 30.3 Å². The molecule has 1 aromatic rings. The average molecular weight is 260 g/mol. The second kappa shape index (κ2) is 7.29. The van der Waals surface area contributed by atoms with Crippen molar-refractivity contribution in [1.29, 1.82) is 0 Å². The fourth-order valence-corrected chi connectivity index (χ4v) is 2.75. The summed E-state index contributed by atoms with van der Waals surface area (Å²) in [7, 11) is 0. The molecule has 1 aliphatic carbocycles. The minimum atomic E-state index is 0.162. The van der Waals surface area contributed by atoms with Crippen molar-refractivity contribution in [3.63, 3.8) is 0 Å². The van der Waals surface area contributed by atoms with Gasteiger partial charge in [0.15, 0.2) is 0 Å². The van der Waals surface area contributed by atoms with Gasteiger partial charge in [-0.25, -0.2) is 0 Å². The SMILES string of the molecule is NC1CCCC1CNC(=O)CCCc1ccccc1. The topological polar surface area (TPSA) is 55.1 Å². The van der Waals surface area contributed by atoms with Crippen molar-refractivity contribution < 1.29 is 4.79 Å². The summed E-state index contributed by atoms with van der Waals surface area (Å²) in [5.74, 6) is 0.646. The first kappa shape index (κ1) is 14.1. The van der Waals surface area contributed by atoms with Crippen LogP contribution in [0.4, 0.5) is 0 Å². The van der Waals surface area contributed by atoms with Gasteiger partial charge in [0.2, 0.25) is 5.91 Å². The van der Waals surface area contributed by atoms with Gasteiger partial charge in [-0.3, -0.25) is 4.79 Å². The Balaban J connectivity index is 1.59. The van der Waals surface area contributed by atoms with Crippen molar-refractivity contribution in [2.24, 2.45) is 11.7 Å². The van der Waals surface area contributed by atoms with E-state index < -0.39 is 0 Å². The van der Waals surface area contributed by atoms with Crippen molar-refractivity contribution in [1.82, 2.24) is 5.32 Å². The number of nitrogens with one attached hydrogen (secondary N) is 1. The van der Waals surface area contributed by atoms with Crippen LogP contribution in [0.2, 0.25) is 0 Å². The lowest BCUT2D eigenvalue weighted by atomic mass is 10.0. The molecule has 0 heterocycles. The first-order chi connectivity index (χ1) is 9.25. The van der Waals surface area contributed by atoms with Crippen molar-refractivity contribution in [2.45, 2.75) is 44.6 Å². The third-order valence-electron chi connectivity index (χ3n) is 3.99. The molecule has 1 saturated carbocycles. The zero-order valence-corrected chi connectivity index (χ0v) is 11.5.